The van der Waals surface area contributed by atoms with Gasteiger partial charge in [0.15, 0.2) is 0 Å². The minimum absolute atomic E-state index is 0.766. The Balaban J connectivity index is 2.40. The molecule has 17 heavy (non-hydrogen) atoms. The molecule has 2 N–H and O–H groups in total. The highest BCUT2D eigenvalue weighted by Gasteiger charge is 2.02. The average Bonchev–Trinajstić information content (AvgIpc) is 2.33. The molecule has 0 unspecified atom stereocenters. The molecular weight excluding hydrogens is 210 g/mol. The summed E-state index contributed by atoms with van der Waals surface area (Å²) in [5.74, 6) is 0. The van der Waals surface area contributed by atoms with Crippen molar-refractivity contribution in [1.82, 2.24) is 9.88 Å². The minimum atomic E-state index is 0.766. The normalized spacial score (nSPS) is 11.1. The predicted octanol–water partition coefficient (Wildman–Crippen LogP) is 1.86. The monoisotopic (exact) mass is 235 g/mol. The molecule has 0 aliphatic heterocycles. The van der Waals surface area contributed by atoms with Crippen LogP contribution in [0.4, 0.5) is 0 Å². The fourth-order valence-corrected chi connectivity index (χ4v) is 1.96. The topological polar surface area (TPSA) is 42.2 Å². The van der Waals surface area contributed by atoms with Gasteiger partial charge >= 0.3 is 0 Å². The standard InChI is InChI=1S/C14H25N3/c1-17(2)11-4-3-6-14-12-16-10-8-13(14)7-5-9-15/h8,10,12H,3-7,9,11,15H2,1-2H3. The van der Waals surface area contributed by atoms with E-state index in [-0.39, 0.29) is 0 Å². The van der Waals surface area contributed by atoms with E-state index in [1.54, 1.807) is 0 Å². The summed E-state index contributed by atoms with van der Waals surface area (Å²) in [6.45, 7) is 1.93. The van der Waals surface area contributed by atoms with Gasteiger partial charge in [0.1, 0.15) is 0 Å². The van der Waals surface area contributed by atoms with Crippen LogP contribution in [0.15, 0.2) is 18.5 Å². The lowest BCUT2D eigenvalue weighted by Gasteiger charge is -2.10. The van der Waals surface area contributed by atoms with Crippen LogP contribution >= 0.6 is 0 Å². The number of aromatic nitrogens is 1. The van der Waals surface area contributed by atoms with E-state index in [0.717, 1.165) is 25.8 Å². The summed E-state index contributed by atoms with van der Waals surface area (Å²) < 4.78 is 0. The van der Waals surface area contributed by atoms with Crippen molar-refractivity contribution < 1.29 is 0 Å². The smallest absolute Gasteiger partial charge is 0.0302 e. The molecule has 0 aromatic carbocycles. The highest BCUT2D eigenvalue weighted by atomic mass is 15.0. The van der Waals surface area contributed by atoms with Crippen molar-refractivity contribution in [2.75, 3.05) is 27.2 Å². The van der Waals surface area contributed by atoms with Crippen LogP contribution in [0.25, 0.3) is 0 Å². The Morgan fingerprint density at radius 3 is 2.59 bits per heavy atom. The molecular formula is C14H25N3. The summed E-state index contributed by atoms with van der Waals surface area (Å²) in [4.78, 5) is 6.46. The predicted molar refractivity (Wildman–Crippen MR) is 73.1 cm³/mol. The third-order valence-electron chi connectivity index (χ3n) is 2.96. The molecule has 3 heteroatoms. The van der Waals surface area contributed by atoms with Crippen LogP contribution in [-0.4, -0.2) is 37.1 Å². The van der Waals surface area contributed by atoms with Crippen LogP contribution in [0.1, 0.15) is 30.4 Å². The van der Waals surface area contributed by atoms with Gasteiger partial charge < -0.3 is 10.6 Å². The van der Waals surface area contributed by atoms with E-state index in [0.29, 0.717) is 0 Å². The molecule has 0 fully saturated rings. The lowest BCUT2D eigenvalue weighted by Crippen LogP contribution is -2.13. The Labute approximate surface area is 105 Å². The maximum Gasteiger partial charge on any atom is 0.0302 e. The second kappa shape index (κ2) is 8.20. The van der Waals surface area contributed by atoms with Crippen LogP contribution in [0, 0.1) is 0 Å². The van der Waals surface area contributed by atoms with E-state index in [1.807, 2.05) is 12.4 Å². The maximum atomic E-state index is 5.56. The molecule has 0 bridgehead atoms. The van der Waals surface area contributed by atoms with Crippen LogP contribution in [0.5, 0.6) is 0 Å². The van der Waals surface area contributed by atoms with Crippen molar-refractivity contribution >= 4 is 0 Å². The second-order valence-corrected chi connectivity index (χ2v) is 4.80. The number of aryl methyl sites for hydroxylation is 2. The number of hydrogen-bond acceptors (Lipinski definition) is 3. The zero-order chi connectivity index (χ0) is 12.5. The lowest BCUT2D eigenvalue weighted by molar-refractivity contribution is 0.394. The zero-order valence-corrected chi connectivity index (χ0v) is 11.2. The molecule has 0 aliphatic carbocycles. The summed E-state index contributed by atoms with van der Waals surface area (Å²) in [7, 11) is 4.24. The number of nitrogens with two attached hydrogens (primary N) is 1. The SMILES string of the molecule is CN(C)CCCCc1cnccc1CCCN. The Bertz CT molecular complexity index is 310. The van der Waals surface area contributed by atoms with Gasteiger partial charge in [0, 0.05) is 12.4 Å². The first kappa shape index (κ1) is 14.1. The molecule has 3 nitrogen and oxygen atoms in total. The molecule has 96 valence electrons. The molecule has 0 aliphatic rings. The van der Waals surface area contributed by atoms with Gasteiger partial charge in [-0.3, -0.25) is 4.98 Å². The first-order valence-corrected chi connectivity index (χ1v) is 6.50. The van der Waals surface area contributed by atoms with Gasteiger partial charge in [-0.1, -0.05) is 0 Å². The van der Waals surface area contributed by atoms with Gasteiger partial charge in [-0.15, -0.1) is 0 Å². The maximum absolute atomic E-state index is 5.56. The fourth-order valence-electron chi connectivity index (χ4n) is 1.96. The van der Waals surface area contributed by atoms with Gasteiger partial charge in [0.2, 0.25) is 0 Å². The Kier molecular flexibility index (Phi) is 6.82. The Hall–Kier alpha value is -0.930. The van der Waals surface area contributed by atoms with Crippen LogP contribution in [0.2, 0.25) is 0 Å². The second-order valence-electron chi connectivity index (χ2n) is 4.80. The van der Waals surface area contributed by atoms with Crippen LogP contribution in [0.3, 0.4) is 0 Å². The number of pyridine rings is 1. The summed E-state index contributed by atoms with van der Waals surface area (Å²) in [6, 6.07) is 2.14. The van der Waals surface area contributed by atoms with E-state index < -0.39 is 0 Å². The van der Waals surface area contributed by atoms with Crippen LogP contribution < -0.4 is 5.73 Å². The van der Waals surface area contributed by atoms with Gasteiger partial charge in [-0.2, -0.15) is 0 Å². The number of unbranched alkanes of at least 4 members (excludes halogenated alkanes) is 1. The summed E-state index contributed by atoms with van der Waals surface area (Å²) in [5.41, 5.74) is 8.39. The van der Waals surface area contributed by atoms with Crippen molar-refractivity contribution in [3.8, 4) is 0 Å². The quantitative estimate of drug-likeness (QED) is 0.699. The Morgan fingerprint density at radius 1 is 1.12 bits per heavy atom. The number of hydrogen-bond donors (Lipinski definition) is 1. The minimum Gasteiger partial charge on any atom is -0.330 e. The van der Waals surface area contributed by atoms with E-state index in [4.69, 9.17) is 5.73 Å². The molecule has 0 saturated carbocycles. The molecule has 0 atom stereocenters. The average molecular weight is 235 g/mol. The van der Waals surface area contributed by atoms with Gasteiger partial charge in [0.05, 0.1) is 0 Å². The Morgan fingerprint density at radius 2 is 1.88 bits per heavy atom. The molecule has 0 amide bonds. The van der Waals surface area contributed by atoms with E-state index in [1.165, 1.54) is 30.5 Å². The fraction of sp³-hybridized carbons (Fsp3) is 0.643. The highest BCUT2D eigenvalue weighted by Crippen LogP contribution is 2.12. The highest BCUT2D eigenvalue weighted by molar-refractivity contribution is 5.23. The number of nitrogens with zero attached hydrogens (tertiary/aromatic N) is 2. The van der Waals surface area contributed by atoms with Crippen molar-refractivity contribution in [3.63, 3.8) is 0 Å². The summed E-state index contributed by atoms with van der Waals surface area (Å²) in [5, 5.41) is 0. The van der Waals surface area contributed by atoms with Crippen molar-refractivity contribution in [2.45, 2.75) is 32.1 Å². The molecule has 0 radical (unpaired) electrons. The molecule has 1 aromatic heterocycles. The van der Waals surface area contributed by atoms with E-state index in [2.05, 4.69) is 30.0 Å². The summed E-state index contributed by atoms with van der Waals surface area (Å²) in [6.07, 6.45) is 9.67. The zero-order valence-electron chi connectivity index (χ0n) is 11.2. The van der Waals surface area contributed by atoms with E-state index >= 15 is 0 Å². The lowest BCUT2D eigenvalue weighted by atomic mass is 10.0. The molecule has 0 saturated heterocycles. The van der Waals surface area contributed by atoms with Gasteiger partial charge in [0.25, 0.3) is 0 Å². The third kappa shape index (κ3) is 5.80. The summed E-state index contributed by atoms with van der Waals surface area (Å²) >= 11 is 0. The van der Waals surface area contributed by atoms with Crippen molar-refractivity contribution in [2.24, 2.45) is 5.73 Å². The van der Waals surface area contributed by atoms with Crippen molar-refractivity contribution in [1.29, 1.82) is 0 Å². The molecule has 0 spiro atoms. The third-order valence-corrected chi connectivity index (χ3v) is 2.96. The first-order chi connectivity index (χ1) is 8.24. The largest absolute Gasteiger partial charge is 0.330 e. The van der Waals surface area contributed by atoms with Gasteiger partial charge in [-0.25, -0.2) is 0 Å². The number of rotatable bonds is 8. The molecule has 1 aromatic rings. The first-order valence-electron chi connectivity index (χ1n) is 6.50. The van der Waals surface area contributed by atoms with Gasteiger partial charge in [-0.05, 0) is 76.5 Å². The molecule has 1 rings (SSSR count). The van der Waals surface area contributed by atoms with E-state index in [9.17, 15) is 0 Å². The van der Waals surface area contributed by atoms with Crippen molar-refractivity contribution in [3.05, 3.63) is 29.6 Å². The molecule has 1 heterocycles. The van der Waals surface area contributed by atoms with Crippen LogP contribution in [-0.2, 0) is 12.8 Å².